The zero-order valence-corrected chi connectivity index (χ0v) is 10.7. The van der Waals surface area contributed by atoms with Crippen LogP contribution in [0.1, 0.15) is 18.9 Å². The molecule has 0 saturated carbocycles. The van der Waals surface area contributed by atoms with Gasteiger partial charge in [-0.15, -0.1) is 0 Å². The molecule has 17 heavy (non-hydrogen) atoms. The van der Waals surface area contributed by atoms with Gasteiger partial charge in [0.1, 0.15) is 5.78 Å². The van der Waals surface area contributed by atoms with Crippen molar-refractivity contribution in [1.29, 1.82) is 0 Å². The molecule has 0 aliphatic rings. The number of hydrogen-bond acceptors (Lipinski definition) is 3. The van der Waals surface area contributed by atoms with Gasteiger partial charge in [-0.1, -0.05) is 30.3 Å². The van der Waals surface area contributed by atoms with E-state index < -0.39 is 10.0 Å². The first-order valence-electron chi connectivity index (χ1n) is 5.50. The summed E-state index contributed by atoms with van der Waals surface area (Å²) in [5, 5.41) is 0. The second kappa shape index (κ2) is 6.51. The second-order valence-corrected chi connectivity index (χ2v) is 5.83. The summed E-state index contributed by atoms with van der Waals surface area (Å²) in [4.78, 5) is 10.7. The predicted molar refractivity (Wildman–Crippen MR) is 67.2 cm³/mol. The molecule has 1 N–H and O–H groups in total. The van der Waals surface area contributed by atoms with Crippen molar-refractivity contribution in [3.63, 3.8) is 0 Å². The molecule has 0 aliphatic heterocycles. The summed E-state index contributed by atoms with van der Waals surface area (Å²) in [6.45, 7) is 1.63. The van der Waals surface area contributed by atoms with Crippen LogP contribution in [0.5, 0.6) is 0 Å². The summed E-state index contributed by atoms with van der Waals surface area (Å²) in [6.07, 6.45) is 0.723. The van der Waals surface area contributed by atoms with Gasteiger partial charge in [0, 0.05) is 13.0 Å². The molecule has 0 unspecified atom stereocenters. The Kier molecular flexibility index (Phi) is 5.31. The fourth-order valence-corrected chi connectivity index (χ4v) is 2.41. The van der Waals surface area contributed by atoms with Crippen molar-refractivity contribution in [1.82, 2.24) is 4.72 Å². The number of rotatable bonds is 7. The Labute approximate surface area is 102 Å². The van der Waals surface area contributed by atoms with Gasteiger partial charge in [-0.25, -0.2) is 13.1 Å². The Morgan fingerprint density at radius 2 is 1.88 bits per heavy atom. The Morgan fingerprint density at radius 1 is 1.24 bits per heavy atom. The topological polar surface area (TPSA) is 63.2 Å². The van der Waals surface area contributed by atoms with E-state index in [1.807, 2.05) is 30.3 Å². The van der Waals surface area contributed by atoms with E-state index in [1.54, 1.807) is 0 Å². The molecule has 1 aromatic rings. The standard InChI is InChI=1S/C12H17NO3S/c1-11(14)7-9-13-17(15,16)10-8-12-5-3-2-4-6-12/h2-6,13H,7-10H2,1H3. The Morgan fingerprint density at radius 3 is 2.47 bits per heavy atom. The molecule has 1 aromatic carbocycles. The van der Waals surface area contributed by atoms with Crippen LogP contribution < -0.4 is 4.72 Å². The zero-order valence-electron chi connectivity index (χ0n) is 9.85. The summed E-state index contributed by atoms with van der Waals surface area (Å²) >= 11 is 0. The molecule has 0 fully saturated rings. The average molecular weight is 255 g/mol. The van der Waals surface area contributed by atoms with Gasteiger partial charge in [-0.2, -0.15) is 0 Å². The monoisotopic (exact) mass is 255 g/mol. The summed E-state index contributed by atoms with van der Waals surface area (Å²) in [5.74, 6) is 0.0327. The van der Waals surface area contributed by atoms with Crippen molar-refractivity contribution in [3.8, 4) is 0 Å². The van der Waals surface area contributed by atoms with E-state index in [9.17, 15) is 13.2 Å². The molecule has 0 radical (unpaired) electrons. The Hall–Kier alpha value is -1.20. The van der Waals surface area contributed by atoms with Gasteiger partial charge < -0.3 is 0 Å². The number of benzene rings is 1. The van der Waals surface area contributed by atoms with Gasteiger partial charge in [-0.3, -0.25) is 4.79 Å². The maximum absolute atomic E-state index is 11.6. The molecule has 0 spiro atoms. The van der Waals surface area contributed by atoms with Crippen LogP contribution >= 0.6 is 0 Å². The molecular weight excluding hydrogens is 238 g/mol. The lowest BCUT2D eigenvalue weighted by molar-refractivity contribution is -0.116. The number of sulfonamides is 1. The second-order valence-electron chi connectivity index (χ2n) is 3.90. The van der Waals surface area contributed by atoms with Gasteiger partial charge in [0.2, 0.25) is 10.0 Å². The minimum Gasteiger partial charge on any atom is -0.300 e. The fraction of sp³-hybridized carbons (Fsp3) is 0.417. The molecule has 1 rings (SSSR count). The summed E-state index contributed by atoms with van der Waals surface area (Å²) in [6, 6.07) is 9.44. The molecule has 5 heteroatoms. The number of ketones is 1. The number of aryl methyl sites for hydroxylation is 1. The lowest BCUT2D eigenvalue weighted by Gasteiger charge is -2.05. The van der Waals surface area contributed by atoms with Crippen LogP contribution in [0.3, 0.4) is 0 Å². The minimum absolute atomic E-state index is 0.0178. The lowest BCUT2D eigenvalue weighted by Crippen LogP contribution is -2.29. The number of Topliss-reactive ketones (excluding diaryl/α,β-unsaturated/α-hetero) is 1. The maximum Gasteiger partial charge on any atom is 0.211 e. The van der Waals surface area contributed by atoms with Crippen molar-refractivity contribution in [2.75, 3.05) is 12.3 Å². The molecular formula is C12H17NO3S. The number of carbonyl (C=O) groups excluding carboxylic acids is 1. The molecule has 0 aromatic heterocycles. The van der Waals surface area contributed by atoms with Gasteiger partial charge in [-0.05, 0) is 18.9 Å². The molecule has 0 aliphatic carbocycles. The summed E-state index contributed by atoms with van der Waals surface area (Å²) in [5.41, 5.74) is 0.990. The third-order valence-corrected chi connectivity index (χ3v) is 3.69. The van der Waals surface area contributed by atoms with Crippen LogP contribution in [0.4, 0.5) is 0 Å². The van der Waals surface area contributed by atoms with Crippen LogP contribution in [-0.4, -0.2) is 26.5 Å². The van der Waals surface area contributed by atoms with E-state index in [0.29, 0.717) is 6.42 Å². The Bertz CT molecular complexity index is 454. The lowest BCUT2D eigenvalue weighted by atomic mass is 10.2. The van der Waals surface area contributed by atoms with E-state index in [-0.39, 0.29) is 24.5 Å². The van der Waals surface area contributed by atoms with Gasteiger partial charge in [0.25, 0.3) is 0 Å². The number of hydrogen-bond donors (Lipinski definition) is 1. The number of nitrogens with one attached hydrogen (secondary N) is 1. The molecule has 4 nitrogen and oxygen atoms in total. The minimum atomic E-state index is -3.28. The smallest absolute Gasteiger partial charge is 0.211 e. The maximum atomic E-state index is 11.6. The quantitative estimate of drug-likeness (QED) is 0.794. The first-order valence-corrected chi connectivity index (χ1v) is 7.15. The third kappa shape index (κ3) is 6.19. The largest absolute Gasteiger partial charge is 0.300 e. The van der Waals surface area contributed by atoms with Crippen molar-refractivity contribution in [3.05, 3.63) is 35.9 Å². The van der Waals surface area contributed by atoms with Crippen LogP contribution in [0.25, 0.3) is 0 Å². The zero-order chi connectivity index (χ0) is 12.7. The first-order chi connectivity index (χ1) is 7.99. The highest BCUT2D eigenvalue weighted by atomic mass is 32.2. The predicted octanol–water partition coefficient (Wildman–Crippen LogP) is 1.13. The number of carbonyl (C=O) groups is 1. The molecule has 94 valence electrons. The van der Waals surface area contributed by atoms with Crippen molar-refractivity contribution >= 4 is 15.8 Å². The molecule has 0 bridgehead atoms. The first kappa shape index (κ1) is 13.9. The van der Waals surface area contributed by atoms with Crippen LogP contribution in [0, 0.1) is 0 Å². The summed E-state index contributed by atoms with van der Waals surface area (Å²) < 4.78 is 25.5. The van der Waals surface area contributed by atoms with Crippen molar-refractivity contribution in [2.24, 2.45) is 0 Å². The highest BCUT2D eigenvalue weighted by Crippen LogP contribution is 2.01. The molecule has 0 amide bonds. The van der Waals surface area contributed by atoms with Crippen molar-refractivity contribution < 1.29 is 13.2 Å². The highest BCUT2D eigenvalue weighted by Gasteiger charge is 2.09. The Balaban J connectivity index is 2.37. The molecule has 0 saturated heterocycles. The van der Waals surface area contributed by atoms with Crippen molar-refractivity contribution in [2.45, 2.75) is 19.8 Å². The highest BCUT2D eigenvalue weighted by molar-refractivity contribution is 7.89. The van der Waals surface area contributed by atoms with Crippen LogP contribution in [-0.2, 0) is 21.2 Å². The van der Waals surface area contributed by atoms with Gasteiger partial charge in [0.15, 0.2) is 0 Å². The van der Waals surface area contributed by atoms with E-state index in [4.69, 9.17) is 0 Å². The van der Waals surface area contributed by atoms with E-state index >= 15 is 0 Å². The normalized spacial score (nSPS) is 11.4. The third-order valence-electron chi connectivity index (χ3n) is 2.30. The van der Waals surface area contributed by atoms with E-state index in [2.05, 4.69) is 4.72 Å². The SMILES string of the molecule is CC(=O)CCNS(=O)(=O)CCc1ccccc1. The van der Waals surface area contributed by atoms with Gasteiger partial charge in [0.05, 0.1) is 5.75 Å². The van der Waals surface area contributed by atoms with E-state index in [0.717, 1.165) is 5.56 Å². The van der Waals surface area contributed by atoms with Crippen LogP contribution in [0.15, 0.2) is 30.3 Å². The fourth-order valence-electron chi connectivity index (χ4n) is 1.35. The summed E-state index contributed by atoms with van der Waals surface area (Å²) in [7, 11) is -3.28. The molecule has 0 atom stereocenters. The van der Waals surface area contributed by atoms with E-state index in [1.165, 1.54) is 6.92 Å². The van der Waals surface area contributed by atoms with Gasteiger partial charge >= 0.3 is 0 Å². The average Bonchev–Trinajstić information content (AvgIpc) is 2.27. The van der Waals surface area contributed by atoms with Crippen LogP contribution in [0.2, 0.25) is 0 Å². The molecule has 0 heterocycles.